The molecule has 1 amide bonds. The van der Waals surface area contributed by atoms with Gasteiger partial charge in [0.15, 0.2) is 11.5 Å². The van der Waals surface area contributed by atoms with Crippen molar-refractivity contribution in [1.82, 2.24) is 4.90 Å². The van der Waals surface area contributed by atoms with Crippen molar-refractivity contribution in [3.63, 3.8) is 0 Å². The Kier molecular flexibility index (Phi) is 6.26. The van der Waals surface area contributed by atoms with Crippen molar-refractivity contribution < 1.29 is 19.0 Å². The van der Waals surface area contributed by atoms with Crippen LogP contribution in [0.15, 0.2) is 47.4 Å². The van der Waals surface area contributed by atoms with Crippen molar-refractivity contribution >= 4 is 40.3 Å². The molecule has 2 aromatic rings. The molecule has 1 heterocycles. The zero-order valence-corrected chi connectivity index (χ0v) is 17.7. The predicted octanol–water partition coefficient (Wildman–Crippen LogP) is 4.67. The highest BCUT2D eigenvalue weighted by Gasteiger charge is 2.36. The summed E-state index contributed by atoms with van der Waals surface area (Å²) in [6.45, 7) is 1.97. The SMILES string of the molecule is COc1cc(C=C2SC(=S)N(C(C)c3ccccc3)C2=O)cc(OC)c1OC. The van der Waals surface area contributed by atoms with E-state index in [2.05, 4.69) is 0 Å². The van der Waals surface area contributed by atoms with Gasteiger partial charge in [0.1, 0.15) is 4.32 Å². The maximum Gasteiger partial charge on any atom is 0.266 e. The van der Waals surface area contributed by atoms with Gasteiger partial charge < -0.3 is 14.2 Å². The molecule has 0 radical (unpaired) electrons. The first-order valence-electron chi connectivity index (χ1n) is 8.62. The molecule has 0 saturated carbocycles. The topological polar surface area (TPSA) is 48.0 Å². The van der Waals surface area contributed by atoms with Gasteiger partial charge in [-0.2, -0.15) is 0 Å². The van der Waals surface area contributed by atoms with Gasteiger partial charge in [-0.1, -0.05) is 54.3 Å². The van der Waals surface area contributed by atoms with Crippen LogP contribution >= 0.6 is 24.0 Å². The molecular weight excluding hydrogens is 394 g/mol. The molecule has 1 aliphatic rings. The highest BCUT2D eigenvalue weighted by molar-refractivity contribution is 8.26. The Morgan fingerprint density at radius 3 is 2.18 bits per heavy atom. The van der Waals surface area contributed by atoms with Gasteiger partial charge >= 0.3 is 0 Å². The van der Waals surface area contributed by atoms with Crippen molar-refractivity contribution in [2.24, 2.45) is 0 Å². The van der Waals surface area contributed by atoms with Crippen LogP contribution < -0.4 is 14.2 Å². The lowest BCUT2D eigenvalue weighted by atomic mass is 10.1. The molecule has 1 atom stereocenters. The fraction of sp³-hybridized carbons (Fsp3) is 0.238. The second kappa shape index (κ2) is 8.67. The van der Waals surface area contributed by atoms with Crippen LogP contribution in [0.4, 0.5) is 0 Å². The minimum atomic E-state index is -0.139. The Morgan fingerprint density at radius 2 is 1.64 bits per heavy atom. The fourth-order valence-electron chi connectivity index (χ4n) is 3.03. The van der Waals surface area contributed by atoms with Gasteiger partial charge in [-0.05, 0) is 36.3 Å². The van der Waals surface area contributed by atoms with Gasteiger partial charge in [0.05, 0.1) is 32.3 Å². The third kappa shape index (κ3) is 3.86. The van der Waals surface area contributed by atoms with Crippen LogP contribution in [-0.2, 0) is 4.79 Å². The highest BCUT2D eigenvalue weighted by atomic mass is 32.2. The molecule has 0 bridgehead atoms. The number of carbonyl (C=O) groups excluding carboxylic acids is 1. The first-order chi connectivity index (χ1) is 13.5. The number of ether oxygens (including phenoxy) is 3. The number of amides is 1. The number of hydrogen-bond donors (Lipinski definition) is 0. The van der Waals surface area contributed by atoms with E-state index in [1.807, 2.05) is 37.3 Å². The number of carbonyl (C=O) groups is 1. The molecule has 1 aliphatic heterocycles. The molecule has 1 saturated heterocycles. The van der Waals surface area contributed by atoms with Crippen molar-refractivity contribution in [1.29, 1.82) is 0 Å². The lowest BCUT2D eigenvalue weighted by Crippen LogP contribution is -2.30. The van der Waals surface area contributed by atoms with E-state index in [0.717, 1.165) is 11.1 Å². The zero-order chi connectivity index (χ0) is 20.3. The molecule has 3 rings (SSSR count). The number of benzene rings is 2. The molecule has 0 spiro atoms. The average Bonchev–Trinajstić information content (AvgIpc) is 3.00. The van der Waals surface area contributed by atoms with E-state index >= 15 is 0 Å². The largest absolute Gasteiger partial charge is 0.493 e. The Labute approximate surface area is 174 Å². The van der Waals surface area contributed by atoms with Crippen LogP contribution in [0, 0.1) is 0 Å². The average molecular weight is 416 g/mol. The van der Waals surface area contributed by atoms with Crippen LogP contribution in [0.5, 0.6) is 17.2 Å². The first kappa shape index (κ1) is 20.2. The molecule has 7 heteroatoms. The van der Waals surface area contributed by atoms with Crippen molar-refractivity contribution in [2.75, 3.05) is 21.3 Å². The summed E-state index contributed by atoms with van der Waals surface area (Å²) in [6, 6.07) is 13.3. The van der Waals surface area contributed by atoms with E-state index in [1.165, 1.54) is 11.8 Å². The standard InChI is InChI=1S/C21H21NO4S2/c1-13(15-8-6-5-7-9-15)22-20(23)18(28-21(22)27)12-14-10-16(24-2)19(26-4)17(11-14)25-3/h5-13H,1-4H3. The lowest BCUT2D eigenvalue weighted by molar-refractivity contribution is -0.123. The van der Waals surface area contributed by atoms with E-state index in [1.54, 1.807) is 44.4 Å². The maximum absolute atomic E-state index is 13.0. The second-order valence-corrected chi connectivity index (χ2v) is 7.77. The van der Waals surface area contributed by atoms with Gasteiger partial charge in [0, 0.05) is 0 Å². The fourth-order valence-corrected chi connectivity index (χ4v) is 4.45. The first-order valence-corrected chi connectivity index (χ1v) is 9.84. The summed E-state index contributed by atoms with van der Waals surface area (Å²) in [5.41, 5.74) is 1.80. The normalized spacial score (nSPS) is 16.4. The zero-order valence-electron chi connectivity index (χ0n) is 16.1. The number of rotatable bonds is 6. The molecular formula is C21H21NO4S2. The number of thioether (sulfide) groups is 1. The van der Waals surface area contributed by atoms with Crippen LogP contribution in [0.2, 0.25) is 0 Å². The molecule has 146 valence electrons. The Hall–Kier alpha value is -2.51. The molecule has 1 unspecified atom stereocenters. The molecule has 0 aromatic heterocycles. The van der Waals surface area contributed by atoms with E-state index in [9.17, 15) is 4.79 Å². The van der Waals surface area contributed by atoms with Crippen LogP contribution in [0.3, 0.4) is 0 Å². The summed E-state index contributed by atoms with van der Waals surface area (Å²) in [6.07, 6.45) is 1.79. The summed E-state index contributed by atoms with van der Waals surface area (Å²) < 4.78 is 16.7. The second-order valence-electron chi connectivity index (χ2n) is 6.10. The van der Waals surface area contributed by atoms with E-state index in [-0.39, 0.29) is 11.9 Å². The lowest BCUT2D eigenvalue weighted by Gasteiger charge is -2.23. The summed E-state index contributed by atoms with van der Waals surface area (Å²) >= 11 is 6.77. The molecule has 28 heavy (non-hydrogen) atoms. The van der Waals surface area contributed by atoms with Gasteiger partial charge in [0.2, 0.25) is 5.75 Å². The number of thiocarbonyl (C=S) groups is 1. The molecule has 5 nitrogen and oxygen atoms in total. The smallest absolute Gasteiger partial charge is 0.266 e. The Morgan fingerprint density at radius 1 is 1.04 bits per heavy atom. The van der Waals surface area contributed by atoms with Gasteiger partial charge in [-0.25, -0.2) is 0 Å². The summed E-state index contributed by atoms with van der Waals surface area (Å²) in [5, 5.41) is 0. The monoisotopic (exact) mass is 415 g/mol. The van der Waals surface area contributed by atoms with Gasteiger partial charge in [-0.15, -0.1) is 0 Å². The number of nitrogens with zero attached hydrogens (tertiary/aromatic N) is 1. The molecule has 1 fully saturated rings. The van der Waals surface area contributed by atoms with Crippen molar-refractivity contribution in [2.45, 2.75) is 13.0 Å². The highest BCUT2D eigenvalue weighted by Crippen LogP contribution is 2.41. The number of methoxy groups -OCH3 is 3. The molecule has 2 aromatic carbocycles. The summed E-state index contributed by atoms with van der Waals surface area (Å²) in [5.74, 6) is 1.45. The third-order valence-electron chi connectivity index (χ3n) is 4.48. The molecule has 0 aliphatic carbocycles. The summed E-state index contributed by atoms with van der Waals surface area (Å²) in [4.78, 5) is 15.2. The Balaban J connectivity index is 1.94. The predicted molar refractivity (Wildman–Crippen MR) is 116 cm³/mol. The van der Waals surface area contributed by atoms with Crippen LogP contribution in [-0.4, -0.2) is 36.5 Å². The van der Waals surface area contributed by atoms with E-state index in [4.69, 9.17) is 26.4 Å². The Bertz CT molecular complexity index is 902. The van der Waals surface area contributed by atoms with E-state index in [0.29, 0.717) is 26.5 Å². The number of hydrogen-bond acceptors (Lipinski definition) is 6. The van der Waals surface area contributed by atoms with Crippen molar-refractivity contribution in [3.05, 3.63) is 58.5 Å². The van der Waals surface area contributed by atoms with E-state index < -0.39 is 0 Å². The van der Waals surface area contributed by atoms with Gasteiger partial charge in [-0.3, -0.25) is 9.69 Å². The third-order valence-corrected chi connectivity index (χ3v) is 5.81. The van der Waals surface area contributed by atoms with Crippen molar-refractivity contribution in [3.8, 4) is 17.2 Å². The van der Waals surface area contributed by atoms with Crippen LogP contribution in [0.25, 0.3) is 6.08 Å². The maximum atomic E-state index is 13.0. The minimum Gasteiger partial charge on any atom is -0.493 e. The van der Waals surface area contributed by atoms with Crippen LogP contribution in [0.1, 0.15) is 24.1 Å². The van der Waals surface area contributed by atoms with Gasteiger partial charge in [0.25, 0.3) is 5.91 Å². The quantitative estimate of drug-likeness (QED) is 0.505. The molecule has 0 N–H and O–H groups in total. The summed E-state index contributed by atoms with van der Waals surface area (Å²) in [7, 11) is 4.67. The minimum absolute atomic E-state index is 0.111.